The van der Waals surface area contributed by atoms with E-state index in [1.807, 2.05) is 0 Å². The van der Waals surface area contributed by atoms with Crippen LogP contribution in [0.15, 0.2) is 224 Å². The van der Waals surface area contributed by atoms with E-state index in [0.717, 1.165) is 36.4 Å². The Bertz CT molecular complexity index is 2700. The van der Waals surface area contributed by atoms with Crippen molar-refractivity contribution < 1.29 is 0 Å². The van der Waals surface area contributed by atoms with Gasteiger partial charge in [-0.05, 0) is 155 Å². The molecule has 2 heteroatoms. The van der Waals surface area contributed by atoms with Gasteiger partial charge >= 0.3 is 0 Å². The number of fused-ring (bicyclic) bond motifs is 1. The summed E-state index contributed by atoms with van der Waals surface area (Å²) in [4.78, 5) is 4.89. The third-order valence-corrected chi connectivity index (χ3v) is 12.9. The first-order valence-electron chi connectivity index (χ1n) is 22.3. The molecule has 8 aromatic rings. The van der Waals surface area contributed by atoms with Crippen molar-refractivity contribution in [3.63, 3.8) is 0 Å². The summed E-state index contributed by atoms with van der Waals surface area (Å²) in [6.07, 6.45) is 9.73. The van der Waals surface area contributed by atoms with Gasteiger partial charge in [0.1, 0.15) is 0 Å². The van der Waals surface area contributed by atoms with E-state index in [-0.39, 0.29) is 0 Å². The molecule has 0 spiro atoms. The van der Waals surface area contributed by atoms with E-state index in [2.05, 4.69) is 222 Å². The summed E-state index contributed by atoms with van der Waals surface area (Å²) in [6, 6.07) is 75.0. The molecule has 8 aromatic carbocycles. The highest BCUT2D eigenvalue weighted by atomic mass is 15.1. The van der Waals surface area contributed by atoms with Crippen molar-refractivity contribution in [3.05, 3.63) is 230 Å². The molecule has 1 heterocycles. The minimum atomic E-state index is 0.528. The van der Waals surface area contributed by atoms with Gasteiger partial charge in [0.15, 0.2) is 0 Å². The number of hydrogen-bond donors (Lipinski definition) is 0. The Labute approximate surface area is 367 Å². The molecule has 0 saturated carbocycles. The average Bonchev–Trinajstić information content (AvgIpc) is 3.35. The van der Waals surface area contributed by atoms with Gasteiger partial charge in [0.25, 0.3) is 0 Å². The van der Waals surface area contributed by atoms with Crippen LogP contribution in [-0.4, -0.2) is 6.54 Å². The first kappa shape index (κ1) is 39.0. The second-order valence-electron chi connectivity index (χ2n) is 16.8. The smallest absolute Gasteiger partial charge is 0.0487 e. The van der Waals surface area contributed by atoms with Gasteiger partial charge in [0.05, 0.1) is 0 Å². The monoisotopic (exact) mass is 800 g/mol. The topological polar surface area (TPSA) is 6.48 Å². The van der Waals surface area contributed by atoms with E-state index in [0.29, 0.717) is 5.92 Å². The van der Waals surface area contributed by atoms with E-state index >= 15 is 0 Å². The van der Waals surface area contributed by atoms with Crippen molar-refractivity contribution in [1.82, 2.24) is 0 Å². The summed E-state index contributed by atoms with van der Waals surface area (Å²) in [7, 11) is 0. The van der Waals surface area contributed by atoms with E-state index in [1.165, 1.54) is 92.7 Å². The van der Waals surface area contributed by atoms with Gasteiger partial charge in [-0.15, -0.1) is 0 Å². The lowest BCUT2D eigenvalue weighted by Crippen LogP contribution is -2.25. The van der Waals surface area contributed by atoms with Gasteiger partial charge in [-0.1, -0.05) is 164 Å². The van der Waals surface area contributed by atoms with Gasteiger partial charge in [0.2, 0.25) is 0 Å². The molecule has 10 rings (SSSR count). The van der Waals surface area contributed by atoms with Crippen LogP contribution in [-0.2, 0) is 0 Å². The lowest BCUT2D eigenvalue weighted by Gasteiger charge is -2.35. The molecular weight excluding hydrogens is 749 g/mol. The fourth-order valence-electron chi connectivity index (χ4n) is 9.55. The van der Waals surface area contributed by atoms with Gasteiger partial charge in [-0.3, -0.25) is 0 Å². The zero-order chi connectivity index (χ0) is 41.7. The third-order valence-electron chi connectivity index (χ3n) is 12.9. The van der Waals surface area contributed by atoms with E-state index < -0.39 is 0 Å². The van der Waals surface area contributed by atoms with Crippen molar-refractivity contribution >= 4 is 34.0 Å². The molecule has 2 aliphatic rings. The number of anilines is 5. The van der Waals surface area contributed by atoms with E-state index in [9.17, 15) is 0 Å². The number of benzene rings is 8. The second kappa shape index (κ2) is 17.8. The lowest BCUT2D eigenvalue weighted by molar-refractivity contribution is 0.524. The van der Waals surface area contributed by atoms with Gasteiger partial charge in [-0.25, -0.2) is 0 Å². The van der Waals surface area contributed by atoms with Crippen LogP contribution >= 0.6 is 0 Å². The molecule has 302 valence electrons. The van der Waals surface area contributed by atoms with Crippen LogP contribution in [0.1, 0.15) is 44.1 Å². The quantitative estimate of drug-likeness (QED) is 0.134. The highest BCUT2D eigenvalue weighted by Gasteiger charge is 2.26. The Kier molecular flexibility index (Phi) is 11.2. The highest BCUT2D eigenvalue weighted by molar-refractivity contribution is 5.85. The van der Waals surface area contributed by atoms with E-state index in [4.69, 9.17) is 6.58 Å². The lowest BCUT2D eigenvalue weighted by atomic mass is 9.80. The molecular formula is C60H52N2. The number of hydrogen-bond acceptors (Lipinski definition) is 2. The Balaban J connectivity index is 0.954. The van der Waals surface area contributed by atoms with Crippen molar-refractivity contribution in [2.45, 2.75) is 38.5 Å². The Morgan fingerprint density at radius 3 is 1.35 bits per heavy atom. The minimum absolute atomic E-state index is 0.528. The van der Waals surface area contributed by atoms with Crippen LogP contribution in [0.3, 0.4) is 0 Å². The molecule has 1 aliphatic heterocycles. The zero-order valence-corrected chi connectivity index (χ0v) is 35.3. The molecule has 1 unspecified atom stereocenters. The molecule has 0 fully saturated rings. The third kappa shape index (κ3) is 8.29. The normalized spacial score (nSPS) is 15.2. The van der Waals surface area contributed by atoms with Crippen molar-refractivity contribution in [2.24, 2.45) is 5.92 Å². The molecule has 0 bridgehead atoms. The predicted octanol–water partition coefficient (Wildman–Crippen LogP) is 16.9. The number of nitrogens with zero attached hydrogens (tertiary/aromatic N) is 2. The predicted molar refractivity (Wildman–Crippen MR) is 265 cm³/mol. The SMILES string of the molecule is C=C1CC(C2=CCCCC2)CCN(c2ccc(-c3ccc(N(c4ccc(-c5ccccc5)cc4)c4ccc(-c5ccccc5)cc4)cc3)cc2)c2ccc(-c3ccccc3)cc21. The summed E-state index contributed by atoms with van der Waals surface area (Å²) >= 11 is 0. The maximum atomic E-state index is 4.75. The summed E-state index contributed by atoms with van der Waals surface area (Å²) < 4.78 is 0. The van der Waals surface area contributed by atoms with Gasteiger partial charge in [-0.2, -0.15) is 0 Å². The number of rotatable bonds is 9. The molecule has 62 heavy (non-hydrogen) atoms. The second-order valence-corrected chi connectivity index (χ2v) is 16.8. The van der Waals surface area contributed by atoms with Crippen molar-refractivity contribution in [2.75, 3.05) is 16.3 Å². The average molecular weight is 801 g/mol. The Morgan fingerprint density at radius 2 is 0.887 bits per heavy atom. The molecule has 0 saturated heterocycles. The van der Waals surface area contributed by atoms with Crippen molar-refractivity contribution in [1.29, 1.82) is 0 Å². The fourth-order valence-corrected chi connectivity index (χ4v) is 9.55. The van der Waals surface area contributed by atoms with Crippen LogP contribution in [0, 0.1) is 5.92 Å². The zero-order valence-electron chi connectivity index (χ0n) is 35.3. The maximum absolute atomic E-state index is 4.75. The molecule has 0 radical (unpaired) electrons. The molecule has 0 N–H and O–H groups in total. The van der Waals surface area contributed by atoms with Crippen LogP contribution in [0.2, 0.25) is 0 Å². The molecule has 2 nitrogen and oxygen atoms in total. The first-order valence-corrected chi connectivity index (χ1v) is 22.3. The number of allylic oxidation sites excluding steroid dienone is 3. The minimum Gasteiger partial charge on any atom is -0.341 e. The van der Waals surface area contributed by atoms with Crippen LogP contribution in [0.4, 0.5) is 28.4 Å². The van der Waals surface area contributed by atoms with Gasteiger partial charge < -0.3 is 9.80 Å². The Morgan fingerprint density at radius 1 is 0.452 bits per heavy atom. The summed E-state index contributed by atoms with van der Waals surface area (Å²) in [5.41, 5.74) is 19.7. The van der Waals surface area contributed by atoms with Crippen LogP contribution < -0.4 is 9.80 Å². The standard InChI is InChI=1S/C60H52N2/c1-44-42-54(48-20-12-5-13-21-48)40-41-61(60-39-30-53(43-59(44)60)47-18-10-4-11-19-47)55-31-22-51(23-32-55)52-28-37-58(38-29-52)62(56-33-24-49(25-34-56)45-14-6-2-7-15-45)57-35-26-50(27-36-57)46-16-8-3-9-17-46/h2-4,6-11,14-20,22-39,43,54H,1,5,12-13,21,40-42H2. The maximum Gasteiger partial charge on any atom is 0.0487 e. The highest BCUT2D eigenvalue weighted by Crippen LogP contribution is 2.44. The molecule has 0 amide bonds. The summed E-state index contributed by atoms with van der Waals surface area (Å²) in [5.74, 6) is 0.528. The molecule has 0 aromatic heterocycles. The largest absolute Gasteiger partial charge is 0.341 e. The molecule has 1 aliphatic carbocycles. The fraction of sp³-hybridized carbons (Fsp3) is 0.133. The van der Waals surface area contributed by atoms with Gasteiger partial charge in [0, 0.05) is 40.5 Å². The van der Waals surface area contributed by atoms with Crippen LogP contribution in [0.5, 0.6) is 0 Å². The molecule has 1 atom stereocenters. The summed E-state index contributed by atoms with van der Waals surface area (Å²) in [5, 5.41) is 0. The first-order chi connectivity index (χ1) is 30.6. The van der Waals surface area contributed by atoms with Crippen LogP contribution in [0.25, 0.3) is 50.1 Å². The van der Waals surface area contributed by atoms with E-state index in [1.54, 1.807) is 5.57 Å². The van der Waals surface area contributed by atoms with Crippen molar-refractivity contribution in [3.8, 4) is 44.5 Å². The Hall–Kier alpha value is -7.16. The summed E-state index contributed by atoms with van der Waals surface area (Å²) in [6.45, 7) is 5.72.